The van der Waals surface area contributed by atoms with Crippen LogP contribution in [-0.4, -0.2) is 14.8 Å². The average Bonchev–Trinajstić information content (AvgIpc) is 3.29. The van der Waals surface area contributed by atoms with Crippen molar-refractivity contribution in [1.29, 1.82) is 0 Å². The minimum atomic E-state index is -0.175. The Hall–Kier alpha value is -2.05. The molecule has 6 heteroatoms. The summed E-state index contributed by atoms with van der Waals surface area (Å²) in [7, 11) is 0. The van der Waals surface area contributed by atoms with Crippen LogP contribution in [0.2, 0.25) is 0 Å². The Morgan fingerprint density at radius 3 is 3.00 bits per heavy atom. The number of hydrogen-bond acceptors (Lipinski definition) is 4. The molecular formula is C18H19FN4S. The normalized spacial score (nSPS) is 14.8. The lowest BCUT2D eigenvalue weighted by Crippen LogP contribution is -2.21. The first-order chi connectivity index (χ1) is 11.7. The van der Waals surface area contributed by atoms with E-state index in [1.807, 2.05) is 18.2 Å². The molecule has 124 valence electrons. The second kappa shape index (κ2) is 6.45. The largest absolute Gasteiger partial charge is 0.314 e. The molecular weight excluding hydrogens is 323 g/mol. The monoisotopic (exact) mass is 342 g/mol. The maximum atomic E-state index is 13.9. The highest BCUT2D eigenvalue weighted by molar-refractivity contribution is 7.15. The van der Waals surface area contributed by atoms with E-state index < -0.39 is 0 Å². The summed E-state index contributed by atoms with van der Waals surface area (Å²) in [5.41, 5.74) is 0.664. The van der Waals surface area contributed by atoms with E-state index in [9.17, 15) is 4.39 Å². The molecule has 0 fully saturated rings. The van der Waals surface area contributed by atoms with Crippen molar-refractivity contribution in [3.63, 3.8) is 0 Å². The molecule has 3 aromatic rings. The summed E-state index contributed by atoms with van der Waals surface area (Å²) in [5, 5.41) is 12.1. The third-order valence-electron chi connectivity index (χ3n) is 4.41. The van der Waals surface area contributed by atoms with Crippen LogP contribution in [0.1, 0.15) is 35.9 Å². The molecule has 1 aliphatic rings. The molecule has 0 bridgehead atoms. The third kappa shape index (κ3) is 2.87. The van der Waals surface area contributed by atoms with E-state index >= 15 is 0 Å². The quantitative estimate of drug-likeness (QED) is 0.764. The molecule has 1 aromatic carbocycles. The van der Waals surface area contributed by atoms with Crippen LogP contribution in [0.3, 0.4) is 0 Å². The minimum Gasteiger partial charge on any atom is -0.314 e. The third-order valence-corrected chi connectivity index (χ3v) is 5.53. The summed E-state index contributed by atoms with van der Waals surface area (Å²) in [5.74, 6) is 1.93. The summed E-state index contributed by atoms with van der Waals surface area (Å²) in [6.07, 6.45) is 2.18. The molecule has 2 aromatic heterocycles. The molecule has 0 unspecified atom stereocenters. The van der Waals surface area contributed by atoms with Gasteiger partial charge in [-0.15, -0.1) is 21.5 Å². The van der Waals surface area contributed by atoms with Crippen LogP contribution in [0, 0.1) is 5.82 Å². The second-order valence-corrected chi connectivity index (χ2v) is 7.25. The Balaban J connectivity index is 1.44. The molecule has 1 atom stereocenters. The zero-order valence-electron chi connectivity index (χ0n) is 13.5. The van der Waals surface area contributed by atoms with E-state index in [1.165, 1.54) is 10.9 Å². The molecule has 0 radical (unpaired) electrons. The Bertz CT molecular complexity index is 854. The van der Waals surface area contributed by atoms with Gasteiger partial charge in [0.2, 0.25) is 0 Å². The van der Waals surface area contributed by atoms with Crippen molar-refractivity contribution < 1.29 is 4.39 Å². The molecule has 0 aliphatic carbocycles. The summed E-state index contributed by atoms with van der Waals surface area (Å²) >= 11 is 1.62. The Labute approximate surface area is 144 Å². The van der Waals surface area contributed by atoms with E-state index in [1.54, 1.807) is 17.4 Å². The highest BCUT2D eigenvalue weighted by atomic mass is 32.1. The van der Waals surface area contributed by atoms with Crippen LogP contribution >= 0.6 is 11.3 Å². The summed E-state index contributed by atoms with van der Waals surface area (Å²) in [6.45, 7) is 3.86. The van der Waals surface area contributed by atoms with Gasteiger partial charge in [0.05, 0.1) is 6.04 Å². The van der Waals surface area contributed by atoms with E-state index in [2.05, 4.69) is 33.1 Å². The minimum absolute atomic E-state index is 0.142. The van der Waals surface area contributed by atoms with Crippen LogP contribution in [0.15, 0.2) is 36.4 Å². The lowest BCUT2D eigenvalue weighted by atomic mass is 10.2. The Morgan fingerprint density at radius 2 is 2.12 bits per heavy atom. The molecule has 4 rings (SSSR count). The molecule has 24 heavy (non-hydrogen) atoms. The Kier molecular flexibility index (Phi) is 4.16. The maximum absolute atomic E-state index is 13.9. The van der Waals surface area contributed by atoms with Crippen molar-refractivity contribution in [2.24, 2.45) is 0 Å². The number of aryl methyl sites for hydroxylation is 1. The lowest BCUT2D eigenvalue weighted by molar-refractivity contribution is 0.518. The van der Waals surface area contributed by atoms with Gasteiger partial charge >= 0.3 is 0 Å². The van der Waals surface area contributed by atoms with Gasteiger partial charge in [0.25, 0.3) is 0 Å². The number of fused-ring (bicyclic) bond motifs is 1. The van der Waals surface area contributed by atoms with E-state index in [-0.39, 0.29) is 11.9 Å². The van der Waals surface area contributed by atoms with E-state index in [0.29, 0.717) is 5.56 Å². The fraction of sp³-hybridized carbons (Fsp3) is 0.333. The summed E-state index contributed by atoms with van der Waals surface area (Å²) in [4.78, 5) is 2.14. The summed E-state index contributed by atoms with van der Waals surface area (Å²) < 4.78 is 16.1. The molecule has 1 N–H and O–H groups in total. The number of thiophene rings is 1. The van der Waals surface area contributed by atoms with Crippen LogP contribution in [-0.2, 0) is 19.5 Å². The van der Waals surface area contributed by atoms with Crippen LogP contribution in [0.5, 0.6) is 0 Å². The standard InChI is InChI=1S/C18H19FN4S/c1-12(18-22-21-17-7-4-10-23(17)18)20-11-13-8-9-16(24-13)14-5-2-3-6-15(14)19/h2-3,5-6,8-9,12,20H,4,7,10-11H2,1H3/t12-/m0/s1. The zero-order valence-corrected chi connectivity index (χ0v) is 14.3. The Morgan fingerprint density at radius 1 is 1.25 bits per heavy atom. The van der Waals surface area contributed by atoms with Crippen LogP contribution in [0.25, 0.3) is 10.4 Å². The van der Waals surface area contributed by atoms with Crippen molar-refractivity contribution in [2.75, 3.05) is 0 Å². The van der Waals surface area contributed by atoms with Gasteiger partial charge in [0.1, 0.15) is 17.5 Å². The van der Waals surface area contributed by atoms with Crippen molar-refractivity contribution >= 4 is 11.3 Å². The van der Waals surface area contributed by atoms with Gasteiger partial charge < -0.3 is 9.88 Å². The number of halogens is 1. The second-order valence-electron chi connectivity index (χ2n) is 6.08. The number of nitrogens with one attached hydrogen (secondary N) is 1. The van der Waals surface area contributed by atoms with Crippen LogP contribution in [0.4, 0.5) is 4.39 Å². The molecule has 0 saturated carbocycles. The van der Waals surface area contributed by atoms with Gasteiger partial charge in [-0.2, -0.15) is 0 Å². The number of aromatic nitrogens is 3. The van der Waals surface area contributed by atoms with Gasteiger partial charge in [-0.25, -0.2) is 4.39 Å². The molecule has 0 spiro atoms. The van der Waals surface area contributed by atoms with E-state index in [4.69, 9.17) is 0 Å². The number of hydrogen-bond donors (Lipinski definition) is 1. The van der Waals surface area contributed by atoms with Gasteiger partial charge in [0.15, 0.2) is 0 Å². The lowest BCUT2D eigenvalue weighted by Gasteiger charge is -2.13. The fourth-order valence-corrected chi connectivity index (χ4v) is 4.10. The van der Waals surface area contributed by atoms with E-state index in [0.717, 1.165) is 42.5 Å². The van der Waals surface area contributed by atoms with Gasteiger partial charge in [0, 0.05) is 34.8 Å². The van der Waals surface area contributed by atoms with Crippen molar-refractivity contribution in [1.82, 2.24) is 20.1 Å². The van der Waals surface area contributed by atoms with Crippen molar-refractivity contribution in [2.45, 2.75) is 38.9 Å². The molecule has 0 amide bonds. The van der Waals surface area contributed by atoms with Crippen molar-refractivity contribution in [3.8, 4) is 10.4 Å². The summed E-state index contributed by atoms with van der Waals surface area (Å²) in [6, 6.07) is 11.1. The predicted molar refractivity (Wildman–Crippen MR) is 93.3 cm³/mol. The first kappa shape index (κ1) is 15.5. The highest BCUT2D eigenvalue weighted by Gasteiger charge is 2.21. The predicted octanol–water partition coefficient (Wildman–Crippen LogP) is 3.94. The van der Waals surface area contributed by atoms with Crippen molar-refractivity contribution in [3.05, 3.63) is 58.7 Å². The number of nitrogens with zero attached hydrogens (tertiary/aromatic N) is 3. The SMILES string of the molecule is C[C@H](NCc1ccc(-c2ccccc2F)s1)c1nnc2n1CCC2. The maximum Gasteiger partial charge on any atom is 0.149 e. The topological polar surface area (TPSA) is 42.7 Å². The number of rotatable bonds is 5. The highest BCUT2D eigenvalue weighted by Crippen LogP contribution is 2.30. The number of benzene rings is 1. The first-order valence-electron chi connectivity index (χ1n) is 8.21. The van der Waals surface area contributed by atoms with Gasteiger partial charge in [-0.3, -0.25) is 0 Å². The molecule has 4 nitrogen and oxygen atoms in total. The fourth-order valence-electron chi connectivity index (χ4n) is 3.12. The zero-order chi connectivity index (χ0) is 16.5. The average molecular weight is 342 g/mol. The molecule has 3 heterocycles. The van der Waals surface area contributed by atoms with Crippen LogP contribution < -0.4 is 5.32 Å². The molecule has 1 aliphatic heterocycles. The van der Waals surface area contributed by atoms with Gasteiger partial charge in [-0.05, 0) is 31.5 Å². The smallest absolute Gasteiger partial charge is 0.149 e. The molecule has 0 saturated heterocycles. The van der Waals surface area contributed by atoms with Gasteiger partial charge in [-0.1, -0.05) is 18.2 Å². The first-order valence-corrected chi connectivity index (χ1v) is 9.03.